The molecule has 0 bridgehead atoms. The van der Waals surface area contributed by atoms with E-state index in [9.17, 15) is 4.79 Å². The summed E-state index contributed by atoms with van der Waals surface area (Å²) in [4.78, 5) is 12.7. The predicted molar refractivity (Wildman–Crippen MR) is 118 cm³/mol. The van der Waals surface area contributed by atoms with Crippen molar-refractivity contribution in [1.29, 1.82) is 0 Å². The van der Waals surface area contributed by atoms with E-state index in [0.29, 0.717) is 39.4 Å². The molecule has 29 heavy (non-hydrogen) atoms. The molecule has 1 N–H and O–H groups in total. The van der Waals surface area contributed by atoms with Crippen LogP contribution in [0.15, 0.2) is 60.7 Å². The predicted octanol–water partition coefficient (Wildman–Crippen LogP) is 6.53. The van der Waals surface area contributed by atoms with E-state index in [1.165, 1.54) is 0 Å². The van der Waals surface area contributed by atoms with Gasteiger partial charge < -0.3 is 14.8 Å². The number of para-hydroxylation sites is 1. The molecule has 3 aromatic rings. The lowest BCUT2D eigenvalue weighted by Crippen LogP contribution is -2.13. The Kier molecular flexibility index (Phi) is 7.02. The van der Waals surface area contributed by atoms with Crippen LogP contribution >= 0.6 is 23.2 Å². The smallest absolute Gasteiger partial charge is 0.255 e. The van der Waals surface area contributed by atoms with Gasteiger partial charge in [0.05, 0.1) is 11.6 Å². The zero-order valence-electron chi connectivity index (χ0n) is 16.2. The van der Waals surface area contributed by atoms with Gasteiger partial charge in [0.1, 0.15) is 18.1 Å². The Morgan fingerprint density at radius 3 is 2.45 bits per heavy atom. The Hall–Kier alpha value is -2.69. The van der Waals surface area contributed by atoms with E-state index in [4.69, 9.17) is 32.7 Å². The maximum Gasteiger partial charge on any atom is 0.255 e. The van der Waals surface area contributed by atoms with E-state index in [1.807, 2.05) is 38.1 Å². The third-order valence-electron chi connectivity index (χ3n) is 4.27. The third-order valence-corrected chi connectivity index (χ3v) is 4.99. The monoisotopic (exact) mass is 429 g/mol. The van der Waals surface area contributed by atoms with E-state index in [2.05, 4.69) is 5.32 Å². The Morgan fingerprint density at radius 1 is 0.931 bits per heavy atom. The highest BCUT2D eigenvalue weighted by Gasteiger charge is 2.13. The lowest BCUT2D eigenvalue weighted by molar-refractivity contribution is 0.102. The van der Waals surface area contributed by atoms with Crippen molar-refractivity contribution in [3.05, 3.63) is 87.4 Å². The number of amides is 1. The van der Waals surface area contributed by atoms with E-state index in [1.54, 1.807) is 36.4 Å². The molecule has 1 amide bonds. The second kappa shape index (κ2) is 9.68. The number of carbonyl (C=O) groups is 1. The maximum absolute atomic E-state index is 12.7. The van der Waals surface area contributed by atoms with E-state index in [0.717, 1.165) is 11.1 Å². The molecule has 4 nitrogen and oxygen atoms in total. The zero-order chi connectivity index (χ0) is 20.8. The van der Waals surface area contributed by atoms with Crippen LogP contribution in [0, 0.1) is 6.92 Å². The average Bonchev–Trinajstić information content (AvgIpc) is 2.71. The van der Waals surface area contributed by atoms with Gasteiger partial charge in [-0.05, 0) is 61.9 Å². The van der Waals surface area contributed by atoms with Crippen molar-refractivity contribution in [2.75, 3.05) is 11.9 Å². The number of aryl methyl sites for hydroxylation is 1. The Bertz CT molecular complexity index is 1020. The standard InChI is InChI=1S/C23H21Cl2NO3/c1-3-28-21-11-9-16(23(27)26-18-10-8-15(2)20(25)13-18)12-17(21)14-29-22-7-5-4-6-19(22)24/h4-13H,3,14H2,1-2H3,(H,26,27). The average molecular weight is 430 g/mol. The lowest BCUT2D eigenvalue weighted by Gasteiger charge is -2.14. The van der Waals surface area contributed by atoms with Crippen LogP contribution in [0.25, 0.3) is 0 Å². The summed E-state index contributed by atoms with van der Waals surface area (Å²) in [6.45, 7) is 4.54. The summed E-state index contributed by atoms with van der Waals surface area (Å²) in [5.74, 6) is 0.988. The second-order valence-corrected chi connectivity index (χ2v) is 7.21. The Balaban J connectivity index is 1.80. The zero-order valence-corrected chi connectivity index (χ0v) is 17.7. The molecule has 0 fully saturated rings. The van der Waals surface area contributed by atoms with Crippen LogP contribution in [0.1, 0.15) is 28.4 Å². The number of ether oxygens (including phenoxy) is 2. The van der Waals surface area contributed by atoms with Gasteiger partial charge in [0.15, 0.2) is 0 Å². The first-order chi connectivity index (χ1) is 14.0. The summed E-state index contributed by atoms with van der Waals surface area (Å²) in [7, 11) is 0. The van der Waals surface area contributed by atoms with Gasteiger partial charge in [0, 0.05) is 21.8 Å². The van der Waals surface area contributed by atoms with E-state index in [-0.39, 0.29) is 12.5 Å². The number of hydrogen-bond acceptors (Lipinski definition) is 3. The summed E-state index contributed by atoms with van der Waals surface area (Å²) in [5, 5.41) is 3.99. The fourth-order valence-corrected chi connectivity index (χ4v) is 3.09. The third kappa shape index (κ3) is 5.43. The van der Waals surface area contributed by atoms with Crippen molar-refractivity contribution >= 4 is 34.8 Å². The van der Waals surface area contributed by atoms with Gasteiger partial charge in [-0.25, -0.2) is 0 Å². The van der Waals surface area contributed by atoms with Crippen molar-refractivity contribution < 1.29 is 14.3 Å². The molecule has 6 heteroatoms. The van der Waals surface area contributed by atoms with Crippen LogP contribution in [0.5, 0.6) is 11.5 Å². The topological polar surface area (TPSA) is 47.6 Å². The van der Waals surface area contributed by atoms with Gasteiger partial charge >= 0.3 is 0 Å². The highest BCUT2D eigenvalue weighted by Crippen LogP contribution is 2.27. The maximum atomic E-state index is 12.7. The number of hydrogen-bond donors (Lipinski definition) is 1. The van der Waals surface area contributed by atoms with Crippen LogP contribution in [0.3, 0.4) is 0 Å². The van der Waals surface area contributed by atoms with Crippen molar-refractivity contribution in [2.45, 2.75) is 20.5 Å². The normalized spacial score (nSPS) is 10.5. The molecule has 0 saturated carbocycles. The van der Waals surface area contributed by atoms with Crippen LogP contribution in [-0.2, 0) is 6.61 Å². The molecule has 0 aliphatic carbocycles. The first-order valence-electron chi connectivity index (χ1n) is 9.18. The highest BCUT2D eigenvalue weighted by molar-refractivity contribution is 6.32. The molecule has 3 aromatic carbocycles. The molecule has 0 heterocycles. The summed E-state index contributed by atoms with van der Waals surface area (Å²) < 4.78 is 11.5. The fraction of sp³-hybridized carbons (Fsp3) is 0.174. The minimum Gasteiger partial charge on any atom is -0.493 e. The first-order valence-corrected chi connectivity index (χ1v) is 9.94. The molecule has 0 aliphatic heterocycles. The van der Waals surface area contributed by atoms with E-state index < -0.39 is 0 Å². The molecule has 0 aliphatic rings. The Morgan fingerprint density at radius 2 is 1.72 bits per heavy atom. The first kappa shape index (κ1) is 21.0. The van der Waals surface area contributed by atoms with E-state index >= 15 is 0 Å². The number of carbonyl (C=O) groups excluding carboxylic acids is 1. The van der Waals surface area contributed by atoms with Gasteiger partial charge in [0.25, 0.3) is 5.91 Å². The Labute approximate surface area is 180 Å². The highest BCUT2D eigenvalue weighted by atomic mass is 35.5. The summed E-state index contributed by atoms with van der Waals surface area (Å²) in [6.07, 6.45) is 0. The number of rotatable bonds is 7. The molecule has 150 valence electrons. The molecule has 0 unspecified atom stereocenters. The number of anilines is 1. The molecular formula is C23H21Cl2NO3. The molecule has 0 radical (unpaired) electrons. The lowest BCUT2D eigenvalue weighted by atomic mass is 10.1. The van der Waals surface area contributed by atoms with Gasteiger partial charge in [-0.15, -0.1) is 0 Å². The number of halogens is 2. The molecule has 3 rings (SSSR count). The van der Waals surface area contributed by atoms with Crippen LogP contribution in [0.2, 0.25) is 10.0 Å². The number of nitrogens with one attached hydrogen (secondary N) is 1. The van der Waals surface area contributed by atoms with Crippen molar-refractivity contribution in [1.82, 2.24) is 0 Å². The fourth-order valence-electron chi connectivity index (χ4n) is 2.72. The summed E-state index contributed by atoms with van der Waals surface area (Å²) in [5.41, 5.74) is 2.82. The van der Waals surface area contributed by atoms with Crippen molar-refractivity contribution in [3.8, 4) is 11.5 Å². The quantitative estimate of drug-likeness (QED) is 0.464. The summed E-state index contributed by atoms with van der Waals surface area (Å²) >= 11 is 12.3. The molecule has 0 spiro atoms. The van der Waals surface area contributed by atoms with Gasteiger partial charge in [-0.3, -0.25) is 4.79 Å². The molecule has 0 aromatic heterocycles. The van der Waals surface area contributed by atoms with Crippen molar-refractivity contribution in [3.63, 3.8) is 0 Å². The van der Waals surface area contributed by atoms with Gasteiger partial charge in [-0.2, -0.15) is 0 Å². The molecule has 0 atom stereocenters. The van der Waals surface area contributed by atoms with Gasteiger partial charge in [0.2, 0.25) is 0 Å². The SMILES string of the molecule is CCOc1ccc(C(=O)Nc2ccc(C)c(Cl)c2)cc1COc1ccccc1Cl. The molecular weight excluding hydrogens is 409 g/mol. The van der Waals surface area contributed by atoms with Crippen LogP contribution in [-0.4, -0.2) is 12.5 Å². The summed E-state index contributed by atoms with van der Waals surface area (Å²) in [6, 6.07) is 17.9. The van der Waals surface area contributed by atoms with Gasteiger partial charge in [-0.1, -0.05) is 41.4 Å². The van der Waals surface area contributed by atoms with Crippen molar-refractivity contribution in [2.24, 2.45) is 0 Å². The van der Waals surface area contributed by atoms with Crippen LogP contribution in [0.4, 0.5) is 5.69 Å². The van der Waals surface area contributed by atoms with Crippen LogP contribution < -0.4 is 14.8 Å². The number of benzene rings is 3. The largest absolute Gasteiger partial charge is 0.493 e. The second-order valence-electron chi connectivity index (χ2n) is 6.39. The minimum atomic E-state index is -0.244. The minimum absolute atomic E-state index is 0.219. The molecule has 0 saturated heterocycles.